The normalized spacial score (nSPS) is 19.1. The first-order valence-corrected chi connectivity index (χ1v) is 8.10. The van der Waals surface area contributed by atoms with Gasteiger partial charge in [-0.25, -0.2) is 0 Å². The fraction of sp³-hybridized carbons (Fsp3) is 0.562. The van der Waals surface area contributed by atoms with E-state index in [4.69, 9.17) is 9.26 Å². The maximum absolute atomic E-state index is 5.33. The molecule has 1 aliphatic carbocycles. The van der Waals surface area contributed by atoms with Gasteiger partial charge in [-0.05, 0) is 12.8 Å². The lowest BCUT2D eigenvalue weighted by molar-refractivity contribution is 0.240. The molecule has 0 radical (unpaired) electrons. The third kappa shape index (κ3) is 3.29. The van der Waals surface area contributed by atoms with Gasteiger partial charge < -0.3 is 14.2 Å². The number of anilines is 1. The van der Waals surface area contributed by atoms with Crippen LogP contribution in [-0.2, 0) is 6.54 Å². The number of ether oxygens (including phenoxy) is 1. The largest absolute Gasteiger partial charge is 0.495 e. The van der Waals surface area contributed by atoms with Crippen LogP contribution in [0.1, 0.15) is 30.5 Å². The van der Waals surface area contributed by atoms with Crippen LogP contribution in [0.25, 0.3) is 0 Å². The zero-order valence-electron chi connectivity index (χ0n) is 13.3. The summed E-state index contributed by atoms with van der Waals surface area (Å²) in [6.07, 6.45) is 6.00. The third-order valence-corrected chi connectivity index (χ3v) is 4.45. The Morgan fingerprint density at radius 3 is 2.78 bits per heavy atom. The molecule has 0 atom stereocenters. The van der Waals surface area contributed by atoms with Gasteiger partial charge >= 0.3 is 0 Å². The van der Waals surface area contributed by atoms with E-state index in [-0.39, 0.29) is 0 Å². The molecule has 1 saturated heterocycles. The van der Waals surface area contributed by atoms with Crippen molar-refractivity contribution in [1.82, 2.24) is 20.0 Å². The Hall–Kier alpha value is -2.15. The Bertz CT molecular complexity index is 662. The Morgan fingerprint density at radius 1 is 1.22 bits per heavy atom. The molecule has 1 saturated carbocycles. The molecule has 122 valence electrons. The highest BCUT2D eigenvalue weighted by atomic mass is 16.5. The Balaban J connectivity index is 1.32. The lowest BCUT2D eigenvalue weighted by Crippen LogP contribution is -2.46. The number of pyridine rings is 1. The minimum atomic E-state index is 0.522. The van der Waals surface area contributed by atoms with Gasteiger partial charge in [-0.1, -0.05) is 5.16 Å². The highest BCUT2D eigenvalue weighted by molar-refractivity contribution is 5.48. The summed E-state index contributed by atoms with van der Waals surface area (Å²) in [6, 6.07) is 2.03. The van der Waals surface area contributed by atoms with Crippen LogP contribution in [0.3, 0.4) is 0 Å². The van der Waals surface area contributed by atoms with Crippen molar-refractivity contribution in [3.63, 3.8) is 0 Å². The summed E-state index contributed by atoms with van der Waals surface area (Å²) in [4.78, 5) is 13.4. The molecule has 1 aliphatic heterocycles. The zero-order chi connectivity index (χ0) is 15.6. The summed E-state index contributed by atoms with van der Waals surface area (Å²) in [5.74, 6) is 2.95. The van der Waals surface area contributed by atoms with E-state index in [1.54, 1.807) is 13.3 Å². The topological polar surface area (TPSA) is 67.5 Å². The maximum atomic E-state index is 5.33. The maximum Gasteiger partial charge on any atom is 0.229 e. The minimum Gasteiger partial charge on any atom is -0.495 e. The van der Waals surface area contributed by atoms with Gasteiger partial charge in [0.2, 0.25) is 5.89 Å². The van der Waals surface area contributed by atoms with Crippen molar-refractivity contribution in [1.29, 1.82) is 0 Å². The Labute approximate surface area is 135 Å². The van der Waals surface area contributed by atoms with E-state index in [1.165, 1.54) is 12.8 Å². The summed E-state index contributed by atoms with van der Waals surface area (Å²) in [5.41, 5.74) is 1.11. The number of methoxy groups -OCH3 is 1. The van der Waals surface area contributed by atoms with Gasteiger partial charge in [0, 0.05) is 38.2 Å². The molecule has 2 aromatic heterocycles. The standard InChI is InChI=1S/C16H21N5O2/c1-22-14-8-13(9-17-10-14)21-6-4-20(5-7-21)11-15-18-16(23-19-15)12-2-3-12/h8-10,12H,2-7,11H2,1H3. The lowest BCUT2D eigenvalue weighted by Gasteiger charge is -2.35. The van der Waals surface area contributed by atoms with Gasteiger partial charge in [0.15, 0.2) is 5.82 Å². The van der Waals surface area contributed by atoms with Crippen LogP contribution in [0.2, 0.25) is 0 Å². The van der Waals surface area contributed by atoms with Crippen molar-refractivity contribution in [2.24, 2.45) is 0 Å². The third-order valence-electron chi connectivity index (χ3n) is 4.45. The monoisotopic (exact) mass is 315 g/mol. The Kier molecular flexibility index (Phi) is 3.87. The number of hydrogen-bond donors (Lipinski definition) is 0. The Morgan fingerprint density at radius 2 is 2.04 bits per heavy atom. The molecular weight excluding hydrogens is 294 g/mol. The minimum absolute atomic E-state index is 0.522. The molecule has 2 fully saturated rings. The highest BCUT2D eigenvalue weighted by Crippen LogP contribution is 2.38. The molecule has 0 amide bonds. The van der Waals surface area contributed by atoms with E-state index < -0.39 is 0 Å². The van der Waals surface area contributed by atoms with Crippen molar-refractivity contribution in [2.45, 2.75) is 25.3 Å². The van der Waals surface area contributed by atoms with Crippen molar-refractivity contribution in [3.8, 4) is 5.75 Å². The van der Waals surface area contributed by atoms with Crippen LogP contribution >= 0.6 is 0 Å². The van der Waals surface area contributed by atoms with Crippen LogP contribution in [0.4, 0.5) is 5.69 Å². The zero-order valence-corrected chi connectivity index (χ0v) is 13.3. The summed E-state index contributed by atoms with van der Waals surface area (Å²) in [6.45, 7) is 4.64. The fourth-order valence-electron chi connectivity index (χ4n) is 2.88. The van der Waals surface area contributed by atoms with Gasteiger partial charge in [-0.3, -0.25) is 9.88 Å². The van der Waals surface area contributed by atoms with E-state index in [0.29, 0.717) is 5.92 Å². The first-order chi connectivity index (χ1) is 11.3. The number of rotatable bonds is 5. The van der Waals surface area contributed by atoms with Crippen LogP contribution in [0.5, 0.6) is 5.75 Å². The summed E-state index contributed by atoms with van der Waals surface area (Å²) >= 11 is 0. The van der Waals surface area contributed by atoms with Crippen molar-refractivity contribution >= 4 is 5.69 Å². The molecule has 2 aromatic rings. The molecule has 0 N–H and O–H groups in total. The first kappa shape index (κ1) is 14.4. The predicted octanol–water partition coefficient (Wildman–Crippen LogP) is 1.67. The lowest BCUT2D eigenvalue weighted by atomic mass is 10.2. The molecule has 0 unspecified atom stereocenters. The molecule has 2 aliphatic rings. The molecule has 0 spiro atoms. The fourth-order valence-corrected chi connectivity index (χ4v) is 2.88. The highest BCUT2D eigenvalue weighted by Gasteiger charge is 2.30. The molecule has 0 bridgehead atoms. The van der Waals surface area contributed by atoms with Crippen molar-refractivity contribution < 1.29 is 9.26 Å². The summed E-state index contributed by atoms with van der Waals surface area (Å²) in [5, 5.41) is 4.10. The molecule has 4 rings (SSSR count). The number of nitrogens with zero attached hydrogens (tertiary/aromatic N) is 5. The molecule has 0 aromatic carbocycles. The van der Waals surface area contributed by atoms with Gasteiger partial charge in [-0.15, -0.1) is 0 Å². The quantitative estimate of drug-likeness (QED) is 0.831. The van der Waals surface area contributed by atoms with Crippen LogP contribution in [0.15, 0.2) is 23.0 Å². The molecule has 7 heteroatoms. The van der Waals surface area contributed by atoms with Gasteiger partial charge in [0.05, 0.1) is 31.7 Å². The van der Waals surface area contributed by atoms with Crippen LogP contribution in [0, 0.1) is 0 Å². The predicted molar refractivity (Wildman–Crippen MR) is 84.6 cm³/mol. The van der Waals surface area contributed by atoms with Crippen molar-refractivity contribution in [2.75, 3.05) is 38.2 Å². The second-order valence-electron chi connectivity index (χ2n) is 6.17. The second-order valence-corrected chi connectivity index (χ2v) is 6.17. The first-order valence-electron chi connectivity index (χ1n) is 8.10. The number of hydrogen-bond acceptors (Lipinski definition) is 7. The molecular formula is C16H21N5O2. The van der Waals surface area contributed by atoms with E-state index in [2.05, 4.69) is 24.9 Å². The molecule has 3 heterocycles. The summed E-state index contributed by atoms with van der Waals surface area (Å²) in [7, 11) is 1.67. The molecule has 23 heavy (non-hydrogen) atoms. The average Bonchev–Trinajstić information content (AvgIpc) is 3.35. The van der Waals surface area contributed by atoms with E-state index >= 15 is 0 Å². The summed E-state index contributed by atoms with van der Waals surface area (Å²) < 4.78 is 10.6. The van der Waals surface area contributed by atoms with Gasteiger partial charge in [0.25, 0.3) is 0 Å². The van der Waals surface area contributed by atoms with Crippen molar-refractivity contribution in [3.05, 3.63) is 30.2 Å². The van der Waals surface area contributed by atoms with E-state index in [1.807, 2.05) is 12.3 Å². The second kappa shape index (κ2) is 6.16. The van der Waals surface area contributed by atoms with Gasteiger partial charge in [-0.2, -0.15) is 4.98 Å². The van der Waals surface area contributed by atoms with Crippen LogP contribution < -0.4 is 9.64 Å². The number of aromatic nitrogens is 3. The number of piperazine rings is 1. The smallest absolute Gasteiger partial charge is 0.229 e. The van der Waals surface area contributed by atoms with E-state index in [0.717, 1.165) is 55.9 Å². The SMILES string of the molecule is COc1cncc(N2CCN(Cc3noc(C4CC4)n3)CC2)c1. The molecule has 7 nitrogen and oxygen atoms in total. The van der Waals surface area contributed by atoms with E-state index in [9.17, 15) is 0 Å². The van der Waals surface area contributed by atoms with Gasteiger partial charge in [0.1, 0.15) is 5.75 Å². The van der Waals surface area contributed by atoms with Crippen LogP contribution in [-0.4, -0.2) is 53.3 Å². The average molecular weight is 315 g/mol.